The molecule has 0 aliphatic carbocycles. The fraction of sp³-hybridized carbons (Fsp3) is 0.190. The van der Waals surface area contributed by atoms with Crippen molar-refractivity contribution >= 4 is 23.0 Å². The molecule has 6 nitrogen and oxygen atoms in total. The van der Waals surface area contributed by atoms with Crippen molar-refractivity contribution in [2.45, 2.75) is 20.0 Å². The number of benzene rings is 1. The summed E-state index contributed by atoms with van der Waals surface area (Å²) in [4.78, 5) is 33.6. The van der Waals surface area contributed by atoms with E-state index in [0.717, 1.165) is 12.3 Å². The fourth-order valence-corrected chi connectivity index (χ4v) is 3.59. The summed E-state index contributed by atoms with van der Waals surface area (Å²) in [6.07, 6.45) is -3.81. The van der Waals surface area contributed by atoms with E-state index in [4.69, 9.17) is 0 Å². The van der Waals surface area contributed by atoms with Gasteiger partial charge in [0.15, 0.2) is 0 Å². The summed E-state index contributed by atoms with van der Waals surface area (Å²) in [5, 5.41) is 0. The molecule has 1 aromatic carbocycles. The van der Waals surface area contributed by atoms with Crippen LogP contribution in [0.4, 0.5) is 34.6 Å². The number of nitrogens with one attached hydrogen (secondary N) is 1. The first kappa shape index (κ1) is 20.6. The van der Waals surface area contributed by atoms with Crippen LogP contribution in [0.25, 0.3) is 0 Å². The zero-order valence-electron chi connectivity index (χ0n) is 16.4. The Morgan fingerprint density at radius 2 is 1.68 bits per heavy atom. The third-order valence-corrected chi connectivity index (χ3v) is 5.05. The maximum atomic E-state index is 13.6. The van der Waals surface area contributed by atoms with Gasteiger partial charge in [-0.2, -0.15) is 13.2 Å². The molecule has 0 unspecified atom stereocenters. The smallest absolute Gasteiger partial charge is 0.324 e. The number of anilines is 3. The summed E-state index contributed by atoms with van der Waals surface area (Å²) >= 11 is 0. The highest BCUT2D eigenvalue weighted by Gasteiger charge is 2.38. The molecule has 4 rings (SSSR count). The van der Waals surface area contributed by atoms with Gasteiger partial charge in [0, 0.05) is 23.6 Å². The van der Waals surface area contributed by atoms with Crippen molar-refractivity contribution in [1.82, 2.24) is 9.97 Å². The molecule has 0 spiro atoms. The van der Waals surface area contributed by atoms with Gasteiger partial charge in [0.2, 0.25) is 5.56 Å². The molecule has 3 heterocycles. The van der Waals surface area contributed by atoms with Gasteiger partial charge in [-0.1, -0.05) is 0 Å². The van der Waals surface area contributed by atoms with Gasteiger partial charge in [0.05, 0.1) is 16.9 Å². The van der Waals surface area contributed by atoms with Crippen molar-refractivity contribution in [2.24, 2.45) is 0 Å². The number of fused-ring (bicyclic) bond motifs is 1. The first-order chi connectivity index (χ1) is 14.6. The van der Waals surface area contributed by atoms with E-state index in [1.54, 1.807) is 13.8 Å². The second-order valence-electron chi connectivity index (χ2n) is 7.15. The molecule has 3 aromatic rings. The van der Waals surface area contributed by atoms with Crippen molar-refractivity contribution in [3.05, 3.63) is 81.3 Å². The fourth-order valence-electron chi connectivity index (χ4n) is 3.59. The molecule has 1 N–H and O–H groups in total. The van der Waals surface area contributed by atoms with Gasteiger partial charge in [0.1, 0.15) is 18.2 Å². The minimum Gasteiger partial charge on any atom is -0.324 e. The molecule has 2 aromatic heterocycles. The van der Waals surface area contributed by atoms with Crippen molar-refractivity contribution in [3.63, 3.8) is 0 Å². The summed E-state index contributed by atoms with van der Waals surface area (Å²) in [7, 11) is 0. The van der Waals surface area contributed by atoms with E-state index in [1.165, 1.54) is 40.1 Å². The molecular formula is C21H16F4N4O2. The molecule has 1 aliphatic rings. The third-order valence-electron chi connectivity index (χ3n) is 5.05. The number of carbonyl (C=O) groups is 1. The molecule has 0 saturated heterocycles. The Morgan fingerprint density at radius 3 is 2.32 bits per heavy atom. The van der Waals surface area contributed by atoms with Crippen LogP contribution in [0.1, 0.15) is 27.3 Å². The summed E-state index contributed by atoms with van der Waals surface area (Å²) in [5.74, 6) is -1.06. The minimum atomic E-state index is -4.70. The number of hydrogen-bond donors (Lipinski definition) is 1. The molecule has 0 saturated carbocycles. The second-order valence-corrected chi connectivity index (χ2v) is 7.15. The van der Waals surface area contributed by atoms with Crippen LogP contribution < -0.4 is 15.4 Å². The van der Waals surface area contributed by atoms with E-state index in [0.29, 0.717) is 22.6 Å². The largest absolute Gasteiger partial charge is 0.433 e. The average molecular weight is 432 g/mol. The van der Waals surface area contributed by atoms with Gasteiger partial charge in [-0.15, -0.1) is 0 Å². The molecule has 0 fully saturated rings. The number of amides is 1. The summed E-state index contributed by atoms with van der Waals surface area (Å²) in [6, 6.07) is 7.42. The Labute approximate surface area is 173 Å². The van der Waals surface area contributed by atoms with Crippen LogP contribution in [0.15, 0.2) is 47.4 Å². The number of pyridine rings is 2. The number of alkyl halides is 3. The summed E-state index contributed by atoms with van der Waals surface area (Å²) in [6.45, 7) is 3.08. The van der Waals surface area contributed by atoms with E-state index in [9.17, 15) is 27.2 Å². The number of aromatic nitrogens is 2. The topological polar surface area (TPSA) is 69.3 Å². The Hall–Kier alpha value is -3.69. The van der Waals surface area contributed by atoms with Crippen LogP contribution in [0.2, 0.25) is 0 Å². The van der Waals surface area contributed by atoms with Gasteiger partial charge in [-0.3, -0.25) is 19.5 Å². The highest BCUT2D eigenvalue weighted by molar-refractivity contribution is 6.12. The number of aryl methyl sites for hydroxylation is 2. The molecule has 160 valence electrons. The van der Waals surface area contributed by atoms with Crippen molar-refractivity contribution < 1.29 is 22.4 Å². The Bertz CT molecular complexity index is 1250. The van der Waals surface area contributed by atoms with Crippen LogP contribution in [-0.2, 0) is 6.18 Å². The molecule has 1 aliphatic heterocycles. The second kappa shape index (κ2) is 7.22. The first-order valence-corrected chi connectivity index (χ1v) is 9.19. The number of H-pyrrole nitrogens is 1. The first-order valence-electron chi connectivity index (χ1n) is 9.19. The number of rotatable bonds is 2. The predicted molar refractivity (Wildman–Crippen MR) is 106 cm³/mol. The summed E-state index contributed by atoms with van der Waals surface area (Å²) in [5.41, 5.74) is 0.186. The number of hydrogen-bond acceptors (Lipinski definition) is 4. The van der Waals surface area contributed by atoms with Crippen molar-refractivity contribution in [2.75, 3.05) is 16.5 Å². The van der Waals surface area contributed by atoms with E-state index < -0.39 is 23.6 Å². The molecule has 0 radical (unpaired) electrons. The molecule has 1 amide bonds. The van der Waals surface area contributed by atoms with Crippen LogP contribution in [0, 0.1) is 19.7 Å². The Balaban J connectivity index is 1.93. The SMILES string of the molecule is Cc1cc(F)ccc1N1CN(c2ccc(=O)[nH]c2C)C(=O)c2cnc(C(F)(F)F)cc21. The van der Waals surface area contributed by atoms with Crippen LogP contribution >= 0.6 is 0 Å². The van der Waals surface area contributed by atoms with Crippen LogP contribution in [0.5, 0.6) is 0 Å². The van der Waals surface area contributed by atoms with E-state index >= 15 is 0 Å². The lowest BCUT2D eigenvalue weighted by atomic mass is 10.1. The molecule has 0 bridgehead atoms. The van der Waals surface area contributed by atoms with Gasteiger partial charge < -0.3 is 9.88 Å². The van der Waals surface area contributed by atoms with E-state index in [1.807, 2.05) is 0 Å². The van der Waals surface area contributed by atoms with Crippen LogP contribution in [-0.4, -0.2) is 22.5 Å². The number of aromatic amines is 1. The van der Waals surface area contributed by atoms with Gasteiger partial charge in [0.25, 0.3) is 5.91 Å². The monoisotopic (exact) mass is 432 g/mol. The predicted octanol–water partition coefficient (Wildman–Crippen LogP) is 4.30. The summed E-state index contributed by atoms with van der Waals surface area (Å²) < 4.78 is 53.5. The highest BCUT2D eigenvalue weighted by Crippen LogP contribution is 2.40. The third kappa shape index (κ3) is 3.65. The molecule has 10 heteroatoms. The zero-order chi connectivity index (χ0) is 22.5. The number of carbonyl (C=O) groups excluding carboxylic acids is 1. The molecule has 0 atom stereocenters. The standard InChI is InChI=1S/C21H16F4N4O2/c1-11-7-13(22)3-4-15(11)28-10-29(16-5-6-19(30)27-12(16)2)20(31)14-9-26-18(8-17(14)28)21(23,24)25/h3-9H,10H2,1-2H3,(H,27,30). The highest BCUT2D eigenvalue weighted by atomic mass is 19.4. The van der Waals surface area contributed by atoms with Crippen molar-refractivity contribution in [1.29, 1.82) is 0 Å². The number of halogens is 4. The lowest BCUT2D eigenvalue weighted by Crippen LogP contribution is -2.46. The zero-order valence-corrected chi connectivity index (χ0v) is 16.4. The van der Waals surface area contributed by atoms with Gasteiger partial charge in [-0.25, -0.2) is 4.39 Å². The van der Waals surface area contributed by atoms with Gasteiger partial charge >= 0.3 is 6.18 Å². The van der Waals surface area contributed by atoms with E-state index in [2.05, 4.69) is 9.97 Å². The minimum absolute atomic E-state index is 0.0142. The quantitative estimate of drug-likeness (QED) is 0.613. The van der Waals surface area contributed by atoms with Crippen LogP contribution in [0.3, 0.4) is 0 Å². The van der Waals surface area contributed by atoms with Gasteiger partial charge in [-0.05, 0) is 49.7 Å². The number of nitrogens with zero attached hydrogens (tertiary/aromatic N) is 3. The molecule has 31 heavy (non-hydrogen) atoms. The Kier molecular flexibility index (Phi) is 4.79. The maximum Gasteiger partial charge on any atom is 0.433 e. The van der Waals surface area contributed by atoms with E-state index in [-0.39, 0.29) is 23.5 Å². The lowest BCUT2D eigenvalue weighted by Gasteiger charge is -2.39. The normalized spacial score (nSPS) is 14.1. The molecular weight excluding hydrogens is 416 g/mol. The lowest BCUT2D eigenvalue weighted by molar-refractivity contribution is -0.141. The van der Waals surface area contributed by atoms with Crippen molar-refractivity contribution in [3.8, 4) is 0 Å². The average Bonchev–Trinajstić information content (AvgIpc) is 2.68. The Morgan fingerprint density at radius 1 is 0.968 bits per heavy atom. The maximum absolute atomic E-state index is 13.6.